The van der Waals surface area contributed by atoms with Crippen molar-refractivity contribution in [3.05, 3.63) is 34.0 Å². The predicted molar refractivity (Wildman–Crippen MR) is 64.2 cm³/mol. The standard InChI is InChI=1S/C10H13ClN2OS/c1-2-5-13-10(14)7-12-6-8-3-4-9(11)15-8/h2-4,12H,1,5-7H2,(H,13,14). The quantitative estimate of drug-likeness (QED) is 0.750. The van der Waals surface area contributed by atoms with Crippen LogP contribution < -0.4 is 10.6 Å². The monoisotopic (exact) mass is 244 g/mol. The van der Waals surface area contributed by atoms with Gasteiger partial charge in [0.05, 0.1) is 10.9 Å². The predicted octanol–water partition coefficient (Wildman–Crippen LogP) is 1.79. The molecule has 0 saturated heterocycles. The second-order valence-corrected chi connectivity index (χ2v) is 4.70. The first-order valence-corrected chi connectivity index (χ1v) is 5.74. The van der Waals surface area contributed by atoms with Gasteiger partial charge in [-0.05, 0) is 12.1 Å². The summed E-state index contributed by atoms with van der Waals surface area (Å²) in [6, 6.07) is 3.79. The zero-order chi connectivity index (χ0) is 11.1. The number of hydrogen-bond donors (Lipinski definition) is 2. The lowest BCUT2D eigenvalue weighted by Gasteiger charge is -2.03. The van der Waals surface area contributed by atoms with E-state index in [1.807, 2.05) is 12.1 Å². The Balaban J connectivity index is 2.16. The van der Waals surface area contributed by atoms with Crippen molar-refractivity contribution in [1.82, 2.24) is 10.6 Å². The Morgan fingerprint density at radius 2 is 2.40 bits per heavy atom. The molecule has 1 aromatic rings. The molecular formula is C10H13ClN2OS. The number of carbonyl (C=O) groups excluding carboxylic acids is 1. The molecule has 0 unspecified atom stereocenters. The van der Waals surface area contributed by atoms with Crippen molar-refractivity contribution in [2.75, 3.05) is 13.1 Å². The molecule has 0 aromatic carbocycles. The van der Waals surface area contributed by atoms with E-state index in [9.17, 15) is 4.79 Å². The summed E-state index contributed by atoms with van der Waals surface area (Å²) in [7, 11) is 0. The molecule has 0 radical (unpaired) electrons. The van der Waals surface area contributed by atoms with Crippen LogP contribution >= 0.6 is 22.9 Å². The molecule has 0 aliphatic carbocycles. The van der Waals surface area contributed by atoms with Gasteiger partial charge < -0.3 is 10.6 Å². The van der Waals surface area contributed by atoms with Gasteiger partial charge in [-0.1, -0.05) is 17.7 Å². The summed E-state index contributed by atoms with van der Waals surface area (Å²) in [4.78, 5) is 12.3. The molecule has 0 aliphatic heterocycles. The van der Waals surface area contributed by atoms with E-state index < -0.39 is 0 Å². The van der Waals surface area contributed by atoms with Crippen LogP contribution in [0.15, 0.2) is 24.8 Å². The Hall–Kier alpha value is -0.840. The van der Waals surface area contributed by atoms with E-state index in [1.54, 1.807) is 6.08 Å². The summed E-state index contributed by atoms with van der Waals surface area (Å²) >= 11 is 7.28. The molecule has 15 heavy (non-hydrogen) atoms. The third-order valence-corrected chi connectivity index (χ3v) is 2.89. The molecule has 0 atom stereocenters. The van der Waals surface area contributed by atoms with E-state index in [4.69, 9.17) is 11.6 Å². The van der Waals surface area contributed by atoms with Crippen LogP contribution in [0.2, 0.25) is 4.34 Å². The van der Waals surface area contributed by atoms with Gasteiger partial charge in [-0.3, -0.25) is 4.79 Å². The SMILES string of the molecule is C=CCNC(=O)CNCc1ccc(Cl)s1. The van der Waals surface area contributed by atoms with Gasteiger partial charge in [-0.15, -0.1) is 17.9 Å². The van der Waals surface area contributed by atoms with E-state index >= 15 is 0 Å². The summed E-state index contributed by atoms with van der Waals surface area (Å²) < 4.78 is 0.767. The van der Waals surface area contributed by atoms with Crippen LogP contribution in [0.4, 0.5) is 0 Å². The van der Waals surface area contributed by atoms with Crippen LogP contribution in [0.25, 0.3) is 0 Å². The first kappa shape index (κ1) is 12.2. The fraction of sp³-hybridized carbons (Fsp3) is 0.300. The lowest BCUT2D eigenvalue weighted by Crippen LogP contribution is -2.33. The maximum absolute atomic E-state index is 11.2. The van der Waals surface area contributed by atoms with Gasteiger partial charge in [0.15, 0.2) is 0 Å². The van der Waals surface area contributed by atoms with E-state index in [-0.39, 0.29) is 5.91 Å². The van der Waals surface area contributed by atoms with Crippen molar-refractivity contribution in [1.29, 1.82) is 0 Å². The molecule has 0 spiro atoms. The summed E-state index contributed by atoms with van der Waals surface area (Å²) in [6.07, 6.45) is 1.65. The molecule has 1 aromatic heterocycles. The fourth-order valence-corrected chi connectivity index (χ4v) is 2.05. The Kier molecular flexibility index (Phi) is 5.39. The van der Waals surface area contributed by atoms with Crippen molar-refractivity contribution in [3.8, 4) is 0 Å². The van der Waals surface area contributed by atoms with Crippen molar-refractivity contribution in [3.63, 3.8) is 0 Å². The second-order valence-electron chi connectivity index (χ2n) is 2.90. The second kappa shape index (κ2) is 6.61. The number of thiophene rings is 1. The van der Waals surface area contributed by atoms with Gasteiger partial charge in [0.25, 0.3) is 0 Å². The highest BCUT2D eigenvalue weighted by molar-refractivity contribution is 7.16. The minimum absolute atomic E-state index is 0.0300. The normalized spacial score (nSPS) is 9.93. The highest BCUT2D eigenvalue weighted by Crippen LogP contribution is 2.20. The molecule has 2 N–H and O–H groups in total. The van der Waals surface area contributed by atoms with Crippen LogP contribution in [0, 0.1) is 0 Å². The molecule has 0 saturated carbocycles. The zero-order valence-corrected chi connectivity index (χ0v) is 9.83. The molecule has 1 amide bonds. The molecule has 1 heterocycles. The van der Waals surface area contributed by atoms with E-state index in [0.717, 1.165) is 9.21 Å². The van der Waals surface area contributed by atoms with E-state index in [0.29, 0.717) is 19.6 Å². The Morgan fingerprint density at radius 3 is 3.00 bits per heavy atom. The van der Waals surface area contributed by atoms with Crippen molar-refractivity contribution >= 4 is 28.8 Å². The lowest BCUT2D eigenvalue weighted by molar-refractivity contribution is -0.120. The number of nitrogens with one attached hydrogen (secondary N) is 2. The van der Waals surface area contributed by atoms with Gasteiger partial charge in [0, 0.05) is 18.0 Å². The number of halogens is 1. The molecule has 0 aliphatic rings. The maximum Gasteiger partial charge on any atom is 0.234 e. The van der Waals surface area contributed by atoms with Gasteiger partial charge in [-0.2, -0.15) is 0 Å². The Labute approximate surface area is 98.1 Å². The average Bonchev–Trinajstić information content (AvgIpc) is 2.61. The van der Waals surface area contributed by atoms with Crippen molar-refractivity contribution < 1.29 is 4.79 Å². The third kappa shape index (κ3) is 4.97. The number of carbonyl (C=O) groups is 1. The molecule has 0 fully saturated rings. The summed E-state index contributed by atoms with van der Waals surface area (Å²) in [5.41, 5.74) is 0. The van der Waals surface area contributed by atoms with E-state index in [1.165, 1.54) is 11.3 Å². The van der Waals surface area contributed by atoms with Crippen LogP contribution in [0.5, 0.6) is 0 Å². The van der Waals surface area contributed by atoms with Crippen LogP contribution in [-0.4, -0.2) is 19.0 Å². The smallest absolute Gasteiger partial charge is 0.234 e. The fourth-order valence-electron chi connectivity index (χ4n) is 0.994. The number of hydrogen-bond acceptors (Lipinski definition) is 3. The topological polar surface area (TPSA) is 41.1 Å². The Morgan fingerprint density at radius 1 is 1.60 bits per heavy atom. The van der Waals surface area contributed by atoms with Crippen LogP contribution in [0.3, 0.4) is 0 Å². The van der Waals surface area contributed by atoms with Gasteiger partial charge >= 0.3 is 0 Å². The highest BCUT2D eigenvalue weighted by Gasteiger charge is 2.00. The van der Waals surface area contributed by atoms with Crippen LogP contribution in [-0.2, 0) is 11.3 Å². The maximum atomic E-state index is 11.2. The molecule has 5 heteroatoms. The van der Waals surface area contributed by atoms with Crippen molar-refractivity contribution in [2.45, 2.75) is 6.54 Å². The Bertz CT molecular complexity index is 338. The van der Waals surface area contributed by atoms with E-state index in [2.05, 4.69) is 17.2 Å². The van der Waals surface area contributed by atoms with Gasteiger partial charge in [0.2, 0.25) is 5.91 Å². The largest absolute Gasteiger partial charge is 0.352 e. The number of rotatable bonds is 6. The lowest BCUT2D eigenvalue weighted by atomic mass is 10.4. The molecule has 0 bridgehead atoms. The minimum Gasteiger partial charge on any atom is -0.352 e. The summed E-state index contributed by atoms with van der Waals surface area (Å²) in [5.74, 6) is -0.0300. The minimum atomic E-state index is -0.0300. The molecule has 82 valence electrons. The van der Waals surface area contributed by atoms with Gasteiger partial charge in [-0.25, -0.2) is 0 Å². The molecule has 1 rings (SSSR count). The van der Waals surface area contributed by atoms with Gasteiger partial charge in [0.1, 0.15) is 0 Å². The average molecular weight is 245 g/mol. The van der Waals surface area contributed by atoms with Crippen LogP contribution in [0.1, 0.15) is 4.88 Å². The number of amides is 1. The summed E-state index contributed by atoms with van der Waals surface area (Å²) in [5, 5.41) is 5.71. The molecular weight excluding hydrogens is 232 g/mol. The highest BCUT2D eigenvalue weighted by atomic mass is 35.5. The first-order chi connectivity index (χ1) is 7.22. The third-order valence-electron chi connectivity index (χ3n) is 1.66. The zero-order valence-electron chi connectivity index (χ0n) is 8.25. The first-order valence-electron chi connectivity index (χ1n) is 4.55. The van der Waals surface area contributed by atoms with Crippen molar-refractivity contribution in [2.24, 2.45) is 0 Å². The molecule has 3 nitrogen and oxygen atoms in total. The summed E-state index contributed by atoms with van der Waals surface area (Å²) in [6.45, 7) is 4.99.